The highest BCUT2D eigenvalue weighted by atomic mass is 16.2. The zero-order chi connectivity index (χ0) is 11.5. The number of rotatable bonds is 2. The van der Waals surface area contributed by atoms with Crippen molar-refractivity contribution < 1.29 is 9.59 Å². The average molecular weight is 217 g/mol. The van der Waals surface area contributed by atoms with Crippen LogP contribution in [0.5, 0.6) is 0 Å². The van der Waals surface area contributed by atoms with Crippen LogP contribution < -0.4 is 10.6 Å². The Balaban J connectivity index is 2.08. The lowest BCUT2D eigenvalue weighted by molar-refractivity contribution is -0.135. The predicted molar refractivity (Wildman–Crippen MR) is 58.6 cm³/mol. The Morgan fingerprint density at radius 1 is 1.12 bits per heavy atom. The molecule has 1 heterocycles. The molecule has 1 aliphatic rings. The summed E-state index contributed by atoms with van der Waals surface area (Å²) >= 11 is 0. The number of benzene rings is 1. The monoisotopic (exact) mass is 217 g/mol. The maximum absolute atomic E-state index is 10.9. The molecule has 0 bridgehead atoms. The first-order valence-corrected chi connectivity index (χ1v) is 4.88. The van der Waals surface area contributed by atoms with Crippen LogP contribution in [0.3, 0.4) is 0 Å². The van der Waals surface area contributed by atoms with Crippen molar-refractivity contribution in [2.75, 3.05) is 0 Å². The molecule has 5 nitrogen and oxygen atoms in total. The van der Waals surface area contributed by atoms with Crippen LogP contribution in [0.25, 0.3) is 0 Å². The molecule has 1 aliphatic heterocycles. The van der Waals surface area contributed by atoms with Crippen molar-refractivity contribution >= 4 is 17.8 Å². The van der Waals surface area contributed by atoms with Gasteiger partial charge in [-0.15, -0.1) is 0 Å². The van der Waals surface area contributed by atoms with Crippen LogP contribution in [0.15, 0.2) is 29.3 Å². The second kappa shape index (κ2) is 4.14. The first-order chi connectivity index (χ1) is 7.66. The number of carbonyl (C=O) groups excluding carboxylic acids is 2. The predicted octanol–water partition coefficient (Wildman–Crippen LogP) is 0.0970. The molecule has 82 valence electrons. The van der Waals surface area contributed by atoms with Gasteiger partial charge >= 0.3 is 11.8 Å². The molecule has 0 aromatic heterocycles. The number of guanidine groups is 1. The Bertz CT molecular complexity index is 462. The summed E-state index contributed by atoms with van der Waals surface area (Å²) in [5.74, 6) is -1.11. The molecule has 1 saturated heterocycles. The summed E-state index contributed by atoms with van der Waals surface area (Å²) < 4.78 is 0. The third-order valence-corrected chi connectivity index (χ3v) is 2.34. The van der Waals surface area contributed by atoms with Crippen molar-refractivity contribution in [3.05, 3.63) is 35.4 Å². The van der Waals surface area contributed by atoms with E-state index in [0.717, 1.165) is 11.1 Å². The van der Waals surface area contributed by atoms with E-state index in [1.165, 1.54) is 0 Å². The topological polar surface area (TPSA) is 70.6 Å². The van der Waals surface area contributed by atoms with Crippen LogP contribution in [-0.2, 0) is 16.1 Å². The lowest BCUT2D eigenvalue weighted by atomic mass is 10.1. The van der Waals surface area contributed by atoms with Crippen molar-refractivity contribution in [3.63, 3.8) is 0 Å². The van der Waals surface area contributed by atoms with Crippen molar-refractivity contribution in [2.45, 2.75) is 13.5 Å². The van der Waals surface area contributed by atoms with Gasteiger partial charge in [0.1, 0.15) is 0 Å². The minimum absolute atomic E-state index is 0.221. The Morgan fingerprint density at radius 3 is 2.38 bits per heavy atom. The van der Waals surface area contributed by atoms with Crippen LogP contribution >= 0.6 is 0 Å². The molecule has 0 saturated carbocycles. The Kier molecular flexibility index (Phi) is 2.68. The number of carbonyl (C=O) groups is 2. The van der Waals surface area contributed by atoms with E-state index in [0.29, 0.717) is 6.54 Å². The first kappa shape index (κ1) is 10.4. The summed E-state index contributed by atoms with van der Waals surface area (Å²) in [6.45, 7) is 2.42. The molecule has 2 N–H and O–H groups in total. The van der Waals surface area contributed by atoms with Gasteiger partial charge in [0.2, 0.25) is 5.96 Å². The quantitative estimate of drug-likeness (QED) is 0.689. The van der Waals surface area contributed by atoms with E-state index in [1.807, 2.05) is 31.2 Å². The Morgan fingerprint density at radius 2 is 1.75 bits per heavy atom. The number of aryl methyl sites for hydroxylation is 1. The van der Waals surface area contributed by atoms with Gasteiger partial charge in [0.25, 0.3) is 0 Å². The highest BCUT2D eigenvalue weighted by molar-refractivity contribution is 6.45. The summed E-state index contributed by atoms with van der Waals surface area (Å²) in [5, 5.41) is 4.69. The van der Waals surface area contributed by atoms with Gasteiger partial charge in [0, 0.05) is 0 Å². The third-order valence-electron chi connectivity index (χ3n) is 2.34. The summed E-state index contributed by atoms with van der Waals surface area (Å²) in [7, 11) is 0. The van der Waals surface area contributed by atoms with Gasteiger partial charge in [-0.05, 0) is 18.1 Å². The smallest absolute Gasteiger partial charge is 0.288 e. The van der Waals surface area contributed by atoms with Crippen LogP contribution in [0, 0.1) is 6.92 Å². The molecule has 0 aliphatic carbocycles. The van der Waals surface area contributed by atoms with Crippen molar-refractivity contribution in [1.82, 2.24) is 10.6 Å². The number of nitrogens with one attached hydrogen (secondary N) is 2. The maximum atomic E-state index is 10.9. The highest BCUT2D eigenvalue weighted by Crippen LogP contribution is 2.07. The van der Waals surface area contributed by atoms with Crippen molar-refractivity contribution in [2.24, 2.45) is 4.99 Å². The standard InChI is InChI=1S/C11H11N3O2/c1-7-4-2-3-5-8(7)6-12-11-13-9(15)10(16)14-11/h2-5H,6H2,1H3,(H2,12,13,14,15,16). The van der Waals surface area contributed by atoms with Crippen LogP contribution in [0.1, 0.15) is 11.1 Å². The van der Waals surface area contributed by atoms with Gasteiger partial charge in [-0.3, -0.25) is 20.2 Å². The molecular formula is C11H11N3O2. The van der Waals surface area contributed by atoms with Crippen LogP contribution in [-0.4, -0.2) is 17.8 Å². The molecule has 1 aromatic rings. The molecule has 1 fully saturated rings. The summed E-state index contributed by atoms with van der Waals surface area (Å²) in [6.07, 6.45) is 0. The van der Waals surface area contributed by atoms with E-state index in [9.17, 15) is 9.59 Å². The highest BCUT2D eigenvalue weighted by Gasteiger charge is 2.24. The van der Waals surface area contributed by atoms with Gasteiger partial charge in [-0.25, -0.2) is 4.99 Å². The molecule has 5 heteroatoms. The summed E-state index contributed by atoms with van der Waals surface area (Å²) in [5.41, 5.74) is 2.19. The van der Waals surface area contributed by atoms with E-state index >= 15 is 0 Å². The van der Waals surface area contributed by atoms with E-state index in [-0.39, 0.29) is 5.96 Å². The molecule has 0 radical (unpaired) electrons. The lowest BCUT2D eigenvalue weighted by Crippen LogP contribution is -2.25. The maximum Gasteiger partial charge on any atom is 0.316 e. The first-order valence-electron chi connectivity index (χ1n) is 4.88. The van der Waals surface area contributed by atoms with Gasteiger partial charge in [-0.1, -0.05) is 24.3 Å². The van der Waals surface area contributed by atoms with Crippen molar-refractivity contribution in [1.29, 1.82) is 0 Å². The molecule has 0 spiro atoms. The number of aliphatic imine (C=N–C) groups is 1. The van der Waals surface area contributed by atoms with Crippen LogP contribution in [0.2, 0.25) is 0 Å². The lowest BCUT2D eigenvalue weighted by Gasteiger charge is -2.02. The SMILES string of the molecule is Cc1ccccc1CN=C1NC(=O)C(=O)N1. The van der Waals surface area contributed by atoms with Gasteiger partial charge in [0.15, 0.2) is 0 Å². The fraction of sp³-hybridized carbons (Fsp3) is 0.182. The Hall–Kier alpha value is -2.17. The Labute approximate surface area is 92.6 Å². The fourth-order valence-corrected chi connectivity index (χ4v) is 1.39. The second-order valence-corrected chi connectivity index (χ2v) is 3.50. The average Bonchev–Trinajstić information content (AvgIpc) is 2.57. The largest absolute Gasteiger partial charge is 0.316 e. The number of nitrogens with zero attached hydrogens (tertiary/aromatic N) is 1. The third kappa shape index (κ3) is 2.08. The van der Waals surface area contributed by atoms with E-state index in [4.69, 9.17) is 0 Å². The second-order valence-electron chi connectivity index (χ2n) is 3.50. The van der Waals surface area contributed by atoms with Gasteiger partial charge < -0.3 is 0 Å². The zero-order valence-corrected chi connectivity index (χ0v) is 8.78. The molecule has 0 unspecified atom stereocenters. The normalized spacial score (nSPS) is 14.7. The minimum Gasteiger partial charge on any atom is -0.288 e. The molecule has 16 heavy (non-hydrogen) atoms. The molecule has 0 atom stereocenters. The van der Waals surface area contributed by atoms with E-state index in [1.54, 1.807) is 0 Å². The number of hydrogen-bond donors (Lipinski definition) is 2. The number of amides is 2. The van der Waals surface area contributed by atoms with E-state index < -0.39 is 11.8 Å². The molecular weight excluding hydrogens is 206 g/mol. The van der Waals surface area contributed by atoms with E-state index in [2.05, 4.69) is 15.6 Å². The zero-order valence-electron chi connectivity index (χ0n) is 8.78. The van der Waals surface area contributed by atoms with Crippen LogP contribution in [0.4, 0.5) is 0 Å². The molecule has 2 rings (SSSR count). The van der Waals surface area contributed by atoms with Gasteiger partial charge in [-0.2, -0.15) is 0 Å². The molecule has 2 amide bonds. The minimum atomic E-state index is -0.663. The fourth-order valence-electron chi connectivity index (χ4n) is 1.39. The van der Waals surface area contributed by atoms with Gasteiger partial charge in [0.05, 0.1) is 6.54 Å². The summed E-state index contributed by atoms with van der Waals surface area (Å²) in [6, 6.07) is 7.82. The number of hydrogen-bond acceptors (Lipinski definition) is 3. The molecule has 1 aromatic carbocycles. The summed E-state index contributed by atoms with van der Waals surface area (Å²) in [4.78, 5) is 25.8. The van der Waals surface area contributed by atoms with Crippen molar-refractivity contribution in [3.8, 4) is 0 Å².